The number of halogens is 1. The van der Waals surface area contributed by atoms with Crippen LogP contribution in [0, 0.1) is 0 Å². The highest BCUT2D eigenvalue weighted by molar-refractivity contribution is 9.10. The Hall–Kier alpha value is -1.24. The molecule has 5 nitrogen and oxygen atoms in total. The van der Waals surface area contributed by atoms with Crippen LogP contribution in [0.5, 0.6) is 0 Å². The molecule has 0 aromatic carbocycles. The van der Waals surface area contributed by atoms with E-state index in [2.05, 4.69) is 45.3 Å². The molecule has 6 heteroatoms. The molecular formula is C14H20BrN5. The van der Waals surface area contributed by atoms with E-state index in [1.165, 1.54) is 5.56 Å². The summed E-state index contributed by atoms with van der Waals surface area (Å²) in [7, 11) is 0. The summed E-state index contributed by atoms with van der Waals surface area (Å²) in [6, 6.07) is 1.91. The summed E-state index contributed by atoms with van der Waals surface area (Å²) in [6.45, 7) is 5.12. The third-order valence-electron chi connectivity index (χ3n) is 3.34. The molecule has 0 radical (unpaired) electrons. The smallest absolute Gasteiger partial charge is 0.0893 e. The van der Waals surface area contributed by atoms with Crippen molar-refractivity contribution in [3.05, 3.63) is 46.0 Å². The highest BCUT2D eigenvalue weighted by Crippen LogP contribution is 2.30. The maximum atomic E-state index is 5.82. The molecule has 3 N–H and O–H groups in total. The first-order valence-corrected chi connectivity index (χ1v) is 7.62. The Kier molecular flexibility index (Phi) is 5.28. The summed E-state index contributed by atoms with van der Waals surface area (Å²) in [5.41, 5.74) is 6.30. The van der Waals surface area contributed by atoms with Gasteiger partial charge in [-0.25, -0.2) is 5.43 Å². The van der Waals surface area contributed by atoms with Gasteiger partial charge in [0, 0.05) is 18.9 Å². The van der Waals surface area contributed by atoms with Gasteiger partial charge in [-0.1, -0.05) is 13.8 Å². The van der Waals surface area contributed by atoms with E-state index in [1.54, 1.807) is 6.20 Å². The molecule has 2 rings (SSSR count). The maximum absolute atomic E-state index is 5.82. The van der Waals surface area contributed by atoms with Crippen molar-refractivity contribution >= 4 is 15.9 Å². The number of pyridine rings is 1. The SMILES string of the molecule is CCCn1ncc(Br)c1C(NN)c1ccncc1CC. The second kappa shape index (κ2) is 6.97. The van der Waals surface area contributed by atoms with E-state index in [-0.39, 0.29) is 6.04 Å². The topological polar surface area (TPSA) is 68.8 Å². The molecule has 0 aliphatic carbocycles. The predicted molar refractivity (Wildman–Crippen MR) is 83.0 cm³/mol. The van der Waals surface area contributed by atoms with Gasteiger partial charge in [0.2, 0.25) is 0 Å². The van der Waals surface area contributed by atoms with Crippen LogP contribution in [0.15, 0.2) is 29.1 Å². The molecule has 2 heterocycles. The number of nitrogens with zero attached hydrogens (tertiary/aromatic N) is 3. The lowest BCUT2D eigenvalue weighted by atomic mass is 9.99. The molecule has 108 valence electrons. The van der Waals surface area contributed by atoms with E-state index in [4.69, 9.17) is 5.84 Å². The zero-order valence-electron chi connectivity index (χ0n) is 11.8. The molecule has 2 aromatic heterocycles. The van der Waals surface area contributed by atoms with Crippen LogP contribution in [-0.2, 0) is 13.0 Å². The lowest BCUT2D eigenvalue weighted by Crippen LogP contribution is -2.31. The molecule has 0 bridgehead atoms. The average Bonchev–Trinajstić information content (AvgIpc) is 2.83. The first kappa shape index (κ1) is 15.2. The van der Waals surface area contributed by atoms with Gasteiger partial charge in [0.15, 0.2) is 0 Å². The van der Waals surface area contributed by atoms with Crippen LogP contribution >= 0.6 is 15.9 Å². The zero-order chi connectivity index (χ0) is 14.5. The highest BCUT2D eigenvalue weighted by Gasteiger charge is 2.22. The minimum absolute atomic E-state index is 0.101. The maximum Gasteiger partial charge on any atom is 0.0893 e. The number of hydrogen-bond acceptors (Lipinski definition) is 4. The van der Waals surface area contributed by atoms with E-state index in [0.717, 1.165) is 35.1 Å². The minimum atomic E-state index is -0.101. The van der Waals surface area contributed by atoms with Gasteiger partial charge in [0.05, 0.1) is 22.4 Å². The number of hydrogen-bond donors (Lipinski definition) is 2. The fourth-order valence-corrected chi connectivity index (χ4v) is 2.91. The van der Waals surface area contributed by atoms with Crippen molar-refractivity contribution in [2.45, 2.75) is 39.3 Å². The van der Waals surface area contributed by atoms with Crippen LogP contribution in [0.1, 0.15) is 43.1 Å². The Morgan fingerprint density at radius 2 is 2.20 bits per heavy atom. The highest BCUT2D eigenvalue weighted by atomic mass is 79.9. The Balaban J connectivity index is 2.49. The van der Waals surface area contributed by atoms with Gasteiger partial charge in [-0.2, -0.15) is 5.10 Å². The number of rotatable bonds is 6. The van der Waals surface area contributed by atoms with Gasteiger partial charge in [-0.3, -0.25) is 15.5 Å². The summed E-state index contributed by atoms with van der Waals surface area (Å²) in [5.74, 6) is 5.82. The van der Waals surface area contributed by atoms with E-state index in [0.29, 0.717) is 0 Å². The summed E-state index contributed by atoms with van der Waals surface area (Å²) >= 11 is 3.58. The average molecular weight is 338 g/mol. The molecule has 0 amide bonds. The van der Waals surface area contributed by atoms with Crippen LogP contribution in [0.2, 0.25) is 0 Å². The third kappa shape index (κ3) is 2.92. The van der Waals surface area contributed by atoms with Crippen molar-refractivity contribution in [3.8, 4) is 0 Å². The molecule has 0 aliphatic heterocycles. The minimum Gasteiger partial charge on any atom is -0.271 e. The molecule has 0 saturated heterocycles. The molecule has 1 atom stereocenters. The van der Waals surface area contributed by atoms with Crippen LogP contribution < -0.4 is 11.3 Å². The third-order valence-corrected chi connectivity index (χ3v) is 3.95. The van der Waals surface area contributed by atoms with Crippen molar-refractivity contribution < 1.29 is 0 Å². The molecule has 0 spiro atoms. The first-order chi connectivity index (χ1) is 9.72. The first-order valence-electron chi connectivity index (χ1n) is 6.83. The number of nitrogens with two attached hydrogens (primary N) is 1. The van der Waals surface area contributed by atoms with Crippen LogP contribution in [0.4, 0.5) is 0 Å². The fraction of sp³-hybridized carbons (Fsp3) is 0.429. The normalized spacial score (nSPS) is 12.6. The van der Waals surface area contributed by atoms with Gasteiger partial charge in [0.25, 0.3) is 0 Å². The van der Waals surface area contributed by atoms with Crippen molar-refractivity contribution in [1.29, 1.82) is 0 Å². The van der Waals surface area contributed by atoms with Crippen molar-refractivity contribution in [1.82, 2.24) is 20.2 Å². The Bertz CT molecular complexity index is 566. The van der Waals surface area contributed by atoms with E-state index in [9.17, 15) is 0 Å². The quantitative estimate of drug-likeness (QED) is 0.627. The van der Waals surface area contributed by atoms with E-state index in [1.807, 2.05) is 23.1 Å². The van der Waals surface area contributed by atoms with E-state index < -0.39 is 0 Å². The number of nitrogens with one attached hydrogen (secondary N) is 1. The Morgan fingerprint density at radius 3 is 2.85 bits per heavy atom. The summed E-state index contributed by atoms with van der Waals surface area (Å²) in [5, 5.41) is 4.41. The fourth-order valence-electron chi connectivity index (χ4n) is 2.38. The molecule has 0 fully saturated rings. The molecule has 1 unspecified atom stereocenters. The van der Waals surface area contributed by atoms with Gasteiger partial charge >= 0.3 is 0 Å². The van der Waals surface area contributed by atoms with Crippen molar-refractivity contribution in [2.24, 2.45) is 5.84 Å². The van der Waals surface area contributed by atoms with Gasteiger partial charge in [0.1, 0.15) is 0 Å². The van der Waals surface area contributed by atoms with Crippen LogP contribution in [-0.4, -0.2) is 14.8 Å². The summed E-state index contributed by atoms with van der Waals surface area (Å²) in [6.07, 6.45) is 7.46. The molecule has 0 saturated carbocycles. The predicted octanol–water partition coefficient (Wildman–Crippen LogP) is 2.57. The van der Waals surface area contributed by atoms with Gasteiger partial charge in [-0.15, -0.1) is 0 Å². The van der Waals surface area contributed by atoms with E-state index >= 15 is 0 Å². The number of aromatic nitrogens is 3. The lowest BCUT2D eigenvalue weighted by molar-refractivity contribution is 0.517. The number of hydrazine groups is 1. The summed E-state index contributed by atoms with van der Waals surface area (Å²) < 4.78 is 2.96. The monoisotopic (exact) mass is 337 g/mol. The lowest BCUT2D eigenvalue weighted by Gasteiger charge is -2.21. The summed E-state index contributed by atoms with van der Waals surface area (Å²) in [4.78, 5) is 4.19. The van der Waals surface area contributed by atoms with Gasteiger partial charge in [-0.05, 0) is 46.0 Å². The largest absolute Gasteiger partial charge is 0.271 e. The molecular weight excluding hydrogens is 318 g/mol. The molecule has 2 aromatic rings. The second-order valence-corrected chi connectivity index (χ2v) is 5.48. The van der Waals surface area contributed by atoms with Gasteiger partial charge < -0.3 is 0 Å². The van der Waals surface area contributed by atoms with Crippen LogP contribution in [0.25, 0.3) is 0 Å². The van der Waals surface area contributed by atoms with Crippen LogP contribution in [0.3, 0.4) is 0 Å². The zero-order valence-corrected chi connectivity index (χ0v) is 13.4. The standard InChI is InChI=1S/C14H20BrN5/c1-3-7-20-14(12(15)9-18-20)13(19-16)11-5-6-17-8-10(11)4-2/h5-6,8-9,13,19H,3-4,7,16H2,1-2H3. The Labute approximate surface area is 127 Å². The van der Waals surface area contributed by atoms with Crippen molar-refractivity contribution in [2.75, 3.05) is 0 Å². The Morgan fingerprint density at radius 1 is 1.40 bits per heavy atom. The van der Waals surface area contributed by atoms with Crippen molar-refractivity contribution in [3.63, 3.8) is 0 Å². The second-order valence-electron chi connectivity index (χ2n) is 4.63. The number of aryl methyl sites for hydroxylation is 2. The molecule has 20 heavy (non-hydrogen) atoms. The molecule has 0 aliphatic rings.